The predicted octanol–water partition coefficient (Wildman–Crippen LogP) is 5.46. The van der Waals surface area contributed by atoms with Gasteiger partial charge in [0.05, 0.1) is 19.4 Å². The fourth-order valence-corrected chi connectivity index (χ4v) is 10.2. The molecule has 1 saturated carbocycles. The quantitative estimate of drug-likeness (QED) is 0.188. The summed E-state index contributed by atoms with van der Waals surface area (Å²) in [5.41, 5.74) is 6.43. The number of amides is 3. The number of phenolic OH excluding ortho intramolecular Hbond substituents is 1. The van der Waals surface area contributed by atoms with Gasteiger partial charge in [-0.2, -0.15) is 0 Å². The molecule has 4 fully saturated rings. The monoisotopic (exact) mass is 784 g/mol. The summed E-state index contributed by atoms with van der Waals surface area (Å²) < 4.78 is 11.8. The molecule has 3 atom stereocenters. The lowest BCUT2D eigenvalue weighted by atomic mass is 9.57. The number of ether oxygens (including phenoxy) is 2. The van der Waals surface area contributed by atoms with E-state index in [4.69, 9.17) is 9.47 Å². The first-order valence-corrected chi connectivity index (χ1v) is 20.8. The number of pyridine rings is 1. The molecule has 1 aromatic heterocycles. The van der Waals surface area contributed by atoms with Crippen LogP contribution in [0.2, 0.25) is 0 Å². The van der Waals surface area contributed by atoms with Gasteiger partial charge < -0.3 is 29.7 Å². The number of fused-ring (bicyclic) bond motifs is 1. The van der Waals surface area contributed by atoms with Crippen molar-refractivity contribution in [3.8, 4) is 17.4 Å². The van der Waals surface area contributed by atoms with Gasteiger partial charge in [-0.05, 0) is 84.9 Å². The average Bonchev–Trinajstić information content (AvgIpc) is 3.24. The summed E-state index contributed by atoms with van der Waals surface area (Å²) in [7, 11) is 1.55. The highest BCUT2D eigenvalue weighted by molar-refractivity contribution is 6.03. The van der Waals surface area contributed by atoms with Crippen molar-refractivity contribution in [1.82, 2.24) is 20.5 Å². The van der Waals surface area contributed by atoms with E-state index in [2.05, 4.69) is 84.9 Å². The molecule has 0 bridgehead atoms. The zero-order valence-electron chi connectivity index (χ0n) is 33.1. The largest absolute Gasteiger partial charge is 0.508 e. The van der Waals surface area contributed by atoms with E-state index in [0.29, 0.717) is 17.9 Å². The van der Waals surface area contributed by atoms with E-state index < -0.39 is 17.9 Å². The number of aromatic nitrogens is 1. The first kappa shape index (κ1) is 37.9. The Morgan fingerprint density at radius 2 is 1.67 bits per heavy atom. The first-order chi connectivity index (χ1) is 28.2. The summed E-state index contributed by atoms with van der Waals surface area (Å²) in [5, 5.41) is 15.1. The Kier molecular flexibility index (Phi) is 10.4. The molecular weight excluding hydrogens is 733 g/mol. The molecule has 1 spiro atoms. The van der Waals surface area contributed by atoms with Gasteiger partial charge in [-0.15, -0.1) is 0 Å². The number of benzene rings is 3. The normalized spacial score (nSPS) is 23.4. The zero-order chi connectivity index (χ0) is 39.8. The van der Waals surface area contributed by atoms with Gasteiger partial charge in [0.25, 0.3) is 5.91 Å². The van der Waals surface area contributed by atoms with Gasteiger partial charge in [0.2, 0.25) is 17.7 Å². The van der Waals surface area contributed by atoms with Crippen molar-refractivity contribution in [1.29, 1.82) is 0 Å². The zero-order valence-corrected chi connectivity index (χ0v) is 33.1. The standard InChI is InChI=1S/C46H52N6O6/c1-57-45-39(15-13-38(48-45)43(55)47-37-14-16-41(54)49-44(37)56)52-23-21-50(22-24-52)28-30-26-46(27-30)17-19-51(20-18-46)33-9-7-32(8-10-33)42-35-12-11-34(53)25-40(35)58-29-36(42)31-5-3-2-4-6-31/h2-13,15,25,30,36-37,42,53H,14,16-24,26-29H2,1H3,(H,47,55)(H,49,54,56)/t36-,37?,42-/m0/s1. The molecule has 3 aromatic carbocycles. The molecular formula is C46H52N6O6. The van der Waals surface area contributed by atoms with Crippen LogP contribution in [0.25, 0.3) is 0 Å². The second-order valence-electron chi connectivity index (χ2n) is 16.9. The van der Waals surface area contributed by atoms with Gasteiger partial charge in [0.15, 0.2) is 0 Å². The molecule has 4 aliphatic heterocycles. The van der Waals surface area contributed by atoms with Crippen LogP contribution in [0.1, 0.15) is 77.5 Å². The molecule has 1 unspecified atom stereocenters. The number of rotatable bonds is 9. The molecule has 0 radical (unpaired) electrons. The van der Waals surface area contributed by atoms with Crippen LogP contribution in [-0.2, 0) is 9.59 Å². The molecule has 3 amide bonds. The highest BCUT2D eigenvalue weighted by Crippen LogP contribution is 2.53. The molecule has 5 aliphatic rings. The van der Waals surface area contributed by atoms with Crippen LogP contribution in [0, 0.1) is 11.3 Å². The number of piperazine rings is 1. The maximum atomic E-state index is 12.9. The summed E-state index contributed by atoms with van der Waals surface area (Å²) in [4.78, 5) is 48.4. The Morgan fingerprint density at radius 1 is 0.914 bits per heavy atom. The van der Waals surface area contributed by atoms with E-state index in [-0.39, 0.29) is 42.0 Å². The van der Waals surface area contributed by atoms with Gasteiger partial charge in [-0.3, -0.25) is 24.6 Å². The number of nitrogens with one attached hydrogen (secondary N) is 2. The molecule has 58 heavy (non-hydrogen) atoms. The van der Waals surface area contributed by atoms with E-state index >= 15 is 0 Å². The number of carbonyl (C=O) groups is 3. The molecule has 5 heterocycles. The minimum Gasteiger partial charge on any atom is -0.508 e. The molecule has 12 nitrogen and oxygen atoms in total. The molecule has 3 saturated heterocycles. The van der Waals surface area contributed by atoms with Crippen molar-refractivity contribution in [2.24, 2.45) is 11.3 Å². The van der Waals surface area contributed by atoms with Crippen LogP contribution in [-0.4, -0.2) is 98.3 Å². The molecule has 9 rings (SSSR count). The third-order valence-electron chi connectivity index (χ3n) is 13.3. The Bertz CT molecular complexity index is 2140. The lowest BCUT2D eigenvalue weighted by Gasteiger charge is -2.54. The number of phenols is 1. The number of imide groups is 1. The highest BCUT2D eigenvalue weighted by atomic mass is 16.5. The lowest BCUT2D eigenvalue weighted by molar-refractivity contribution is -0.134. The Balaban J connectivity index is 0.752. The number of aromatic hydroxyl groups is 1. The second kappa shape index (κ2) is 16.0. The van der Waals surface area contributed by atoms with Crippen molar-refractivity contribution < 1.29 is 29.0 Å². The summed E-state index contributed by atoms with van der Waals surface area (Å²) in [6.07, 6.45) is 5.54. The number of hydrogen-bond acceptors (Lipinski definition) is 10. The highest BCUT2D eigenvalue weighted by Gasteiger charge is 2.46. The maximum Gasteiger partial charge on any atom is 0.270 e. The van der Waals surface area contributed by atoms with Crippen LogP contribution in [0.3, 0.4) is 0 Å². The van der Waals surface area contributed by atoms with Gasteiger partial charge in [-0.25, -0.2) is 4.98 Å². The van der Waals surface area contributed by atoms with Crippen molar-refractivity contribution >= 4 is 29.1 Å². The fourth-order valence-electron chi connectivity index (χ4n) is 10.2. The Hall–Kier alpha value is -5.62. The van der Waals surface area contributed by atoms with Crippen molar-refractivity contribution in [2.45, 2.75) is 56.4 Å². The fraction of sp³-hybridized carbons (Fsp3) is 0.435. The Morgan fingerprint density at radius 3 is 2.40 bits per heavy atom. The maximum absolute atomic E-state index is 12.9. The topological polar surface area (TPSA) is 137 Å². The summed E-state index contributed by atoms with van der Waals surface area (Å²) in [6.45, 7) is 7.50. The number of carbonyl (C=O) groups excluding carboxylic acids is 3. The summed E-state index contributed by atoms with van der Waals surface area (Å²) in [5.74, 6) is 1.15. The summed E-state index contributed by atoms with van der Waals surface area (Å²) >= 11 is 0. The number of nitrogens with zero attached hydrogens (tertiary/aromatic N) is 4. The number of anilines is 2. The first-order valence-electron chi connectivity index (χ1n) is 20.8. The van der Waals surface area contributed by atoms with E-state index in [1.54, 1.807) is 25.3 Å². The van der Waals surface area contributed by atoms with Gasteiger partial charge in [0, 0.05) is 81.4 Å². The van der Waals surface area contributed by atoms with Crippen LogP contribution in [0.15, 0.2) is 84.9 Å². The molecule has 1 aliphatic carbocycles. The van der Waals surface area contributed by atoms with Gasteiger partial charge in [0.1, 0.15) is 23.2 Å². The van der Waals surface area contributed by atoms with E-state index in [9.17, 15) is 19.5 Å². The third-order valence-corrected chi connectivity index (χ3v) is 13.3. The van der Waals surface area contributed by atoms with Crippen molar-refractivity contribution in [2.75, 3.05) is 69.3 Å². The minimum atomic E-state index is -0.761. The predicted molar refractivity (Wildman–Crippen MR) is 221 cm³/mol. The second-order valence-corrected chi connectivity index (χ2v) is 16.9. The molecule has 3 N–H and O–H groups in total. The van der Waals surface area contributed by atoms with Crippen LogP contribution >= 0.6 is 0 Å². The van der Waals surface area contributed by atoms with Crippen LogP contribution < -0.4 is 29.9 Å². The lowest BCUT2D eigenvalue weighted by Crippen LogP contribution is -2.53. The van der Waals surface area contributed by atoms with E-state index in [0.717, 1.165) is 68.7 Å². The number of methoxy groups -OCH3 is 1. The van der Waals surface area contributed by atoms with Crippen LogP contribution in [0.4, 0.5) is 11.4 Å². The van der Waals surface area contributed by atoms with Crippen molar-refractivity contribution in [3.05, 3.63) is 107 Å². The number of hydrogen-bond donors (Lipinski definition) is 3. The Labute approximate surface area is 339 Å². The molecule has 4 aromatic rings. The SMILES string of the molecule is COc1nc(C(=O)NC2CCC(=O)NC2=O)ccc1N1CCN(CC2CC3(CCN(c4ccc([C@H]5c6ccc(O)cc6OC[C@H]5c5ccccc5)cc4)CC3)C2)CC1. The smallest absolute Gasteiger partial charge is 0.270 e. The molecule has 302 valence electrons. The van der Waals surface area contributed by atoms with Crippen LogP contribution in [0.5, 0.6) is 17.4 Å². The van der Waals surface area contributed by atoms with Gasteiger partial charge >= 0.3 is 0 Å². The number of piperidine rings is 2. The minimum absolute atomic E-state index is 0.140. The summed E-state index contributed by atoms with van der Waals surface area (Å²) in [6, 6.07) is 28.1. The van der Waals surface area contributed by atoms with E-state index in [1.165, 1.54) is 42.5 Å². The molecule has 12 heteroatoms. The van der Waals surface area contributed by atoms with Crippen molar-refractivity contribution in [3.63, 3.8) is 0 Å². The third kappa shape index (κ3) is 7.69. The van der Waals surface area contributed by atoms with Gasteiger partial charge in [-0.1, -0.05) is 48.5 Å². The van der Waals surface area contributed by atoms with E-state index in [1.807, 2.05) is 12.1 Å². The average molecular weight is 785 g/mol.